The molecule has 0 saturated carbocycles. The van der Waals surface area contributed by atoms with Crippen LogP contribution in [-0.4, -0.2) is 40.5 Å². The smallest absolute Gasteiger partial charge is 0.354 e. The Morgan fingerprint density at radius 3 is 2.85 bits per heavy atom. The summed E-state index contributed by atoms with van der Waals surface area (Å²) in [5.74, 6) is -1.02. The van der Waals surface area contributed by atoms with Crippen LogP contribution >= 0.6 is 0 Å². The monoisotopic (exact) mass is 293 g/mol. The molecule has 0 fully saturated rings. The lowest BCUT2D eigenvalue weighted by molar-refractivity contribution is 0.0595. The number of hydrogen-bond acceptors (Lipinski definition) is 4. The van der Waals surface area contributed by atoms with Crippen LogP contribution in [0.2, 0.25) is 25.7 Å². The first-order valence-electron chi connectivity index (χ1n) is 6.51. The third kappa shape index (κ3) is 3.43. The van der Waals surface area contributed by atoms with Gasteiger partial charge in [0, 0.05) is 20.9 Å². The predicted octanol–water partition coefficient (Wildman–Crippen LogP) is 2.44. The van der Waals surface area contributed by atoms with Gasteiger partial charge < -0.3 is 9.84 Å². The zero-order valence-corrected chi connectivity index (χ0v) is 13.0. The third-order valence-corrected chi connectivity index (χ3v) is 4.63. The number of aromatic nitrogens is 3. The van der Waals surface area contributed by atoms with Gasteiger partial charge in [0.2, 0.25) is 0 Å². The molecule has 2 aromatic heterocycles. The lowest BCUT2D eigenvalue weighted by Gasteiger charge is -2.15. The maximum absolute atomic E-state index is 11.4. The lowest BCUT2D eigenvalue weighted by atomic mass is 10.2. The second-order valence-corrected chi connectivity index (χ2v) is 11.5. The zero-order valence-electron chi connectivity index (χ0n) is 12.0. The van der Waals surface area contributed by atoms with Gasteiger partial charge in [0.25, 0.3) is 0 Å². The van der Waals surface area contributed by atoms with Gasteiger partial charge in [-0.3, -0.25) is 0 Å². The summed E-state index contributed by atoms with van der Waals surface area (Å²) in [5.41, 5.74) is 0.555. The SMILES string of the molecule is C[Si](C)(C)CCOCn1nc2ncccc2c1C(=O)O. The normalized spacial score (nSPS) is 11.9. The summed E-state index contributed by atoms with van der Waals surface area (Å²) in [7, 11) is -1.15. The number of ether oxygens (including phenoxy) is 1. The standard InChI is InChI=1S/C13H19N3O3Si/c1-20(2,3)8-7-19-9-16-11(13(17)18)10-5-4-6-14-12(10)15-16/h4-6H,7-9H2,1-3H3,(H,17,18). The third-order valence-electron chi connectivity index (χ3n) is 2.93. The van der Waals surface area contributed by atoms with Crippen molar-refractivity contribution in [3.8, 4) is 0 Å². The van der Waals surface area contributed by atoms with E-state index >= 15 is 0 Å². The summed E-state index contributed by atoms with van der Waals surface area (Å²) >= 11 is 0. The van der Waals surface area contributed by atoms with E-state index < -0.39 is 14.0 Å². The molecule has 0 saturated heterocycles. The molecule has 0 radical (unpaired) electrons. The summed E-state index contributed by atoms with van der Waals surface area (Å²) in [4.78, 5) is 15.4. The average molecular weight is 293 g/mol. The highest BCUT2D eigenvalue weighted by Crippen LogP contribution is 2.16. The number of fused-ring (bicyclic) bond motifs is 1. The predicted molar refractivity (Wildman–Crippen MR) is 78.6 cm³/mol. The van der Waals surface area contributed by atoms with Gasteiger partial charge in [0.1, 0.15) is 6.73 Å². The highest BCUT2D eigenvalue weighted by atomic mass is 28.3. The average Bonchev–Trinajstić information content (AvgIpc) is 2.71. The Hall–Kier alpha value is -1.73. The van der Waals surface area contributed by atoms with Crippen molar-refractivity contribution >= 4 is 25.1 Å². The minimum absolute atomic E-state index is 0.126. The summed E-state index contributed by atoms with van der Waals surface area (Å²) in [5, 5.41) is 14.0. The molecule has 0 amide bonds. The number of rotatable bonds is 6. The number of hydrogen-bond donors (Lipinski definition) is 1. The molecular formula is C13H19N3O3Si. The van der Waals surface area contributed by atoms with Gasteiger partial charge in [0.15, 0.2) is 11.3 Å². The largest absolute Gasteiger partial charge is 0.477 e. The molecule has 108 valence electrons. The van der Waals surface area contributed by atoms with E-state index in [0.717, 1.165) is 6.04 Å². The second-order valence-electron chi connectivity index (χ2n) is 5.88. The molecule has 7 heteroatoms. The van der Waals surface area contributed by atoms with Crippen LogP contribution in [0.3, 0.4) is 0 Å². The summed E-state index contributed by atoms with van der Waals surface area (Å²) < 4.78 is 6.93. The number of carbonyl (C=O) groups is 1. The fourth-order valence-corrected chi connectivity index (χ4v) is 2.57. The Balaban J connectivity index is 2.13. The van der Waals surface area contributed by atoms with Crippen LogP contribution in [-0.2, 0) is 11.5 Å². The van der Waals surface area contributed by atoms with Crippen molar-refractivity contribution in [3.63, 3.8) is 0 Å². The molecule has 2 aromatic rings. The number of nitrogens with zero attached hydrogens (tertiary/aromatic N) is 3. The van der Waals surface area contributed by atoms with Crippen molar-refractivity contribution < 1.29 is 14.6 Å². The van der Waals surface area contributed by atoms with Crippen LogP contribution in [0.5, 0.6) is 0 Å². The van der Waals surface area contributed by atoms with Gasteiger partial charge in [-0.25, -0.2) is 14.5 Å². The molecule has 0 atom stereocenters. The van der Waals surface area contributed by atoms with Gasteiger partial charge in [-0.1, -0.05) is 19.6 Å². The van der Waals surface area contributed by atoms with Crippen LogP contribution in [0.25, 0.3) is 11.0 Å². The van der Waals surface area contributed by atoms with Crippen molar-refractivity contribution in [2.45, 2.75) is 32.4 Å². The van der Waals surface area contributed by atoms with Crippen LogP contribution in [0, 0.1) is 0 Å². The first-order valence-corrected chi connectivity index (χ1v) is 10.2. The molecule has 0 bridgehead atoms. The molecule has 0 spiro atoms. The van der Waals surface area contributed by atoms with E-state index in [-0.39, 0.29) is 12.4 Å². The summed E-state index contributed by atoms with van der Waals surface area (Å²) in [6.45, 7) is 7.57. The second kappa shape index (κ2) is 5.72. The van der Waals surface area contributed by atoms with Gasteiger partial charge in [-0.2, -0.15) is 0 Å². The van der Waals surface area contributed by atoms with Gasteiger partial charge in [0.05, 0.1) is 5.39 Å². The zero-order chi connectivity index (χ0) is 14.8. The molecule has 2 heterocycles. The molecule has 0 aliphatic heterocycles. The van der Waals surface area contributed by atoms with E-state index in [1.165, 1.54) is 4.68 Å². The van der Waals surface area contributed by atoms with Gasteiger partial charge in [-0.15, -0.1) is 5.10 Å². The first kappa shape index (κ1) is 14.7. The van der Waals surface area contributed by atoms with Crippen molar-refractivity contribution in [2.24, 2.45) is 0 Å². The maximum Gasteiger partial charge on any atom is 0.354 e. The van der Waals surface area contributed by atoms with Gasteiger partial charge >= 0.3 is 5.97 Å². The van der Waals surface area contributed by atoms with Gasteiger partial charge in [-0.05, 0) is 18.2 Å². The summed E-state index contributed by atoms with van der Waals surface area (Å²) in [6, 6.07) is 4.44. The Labute approximate surface area is 118 Å². The molecule has 0 aromatic carbocycles. The topological polar surface area (TPSA) is 77.2 Å². The minimum Gasteiger partial charge on any atom is -0.477 e. The van der Waals surface area contributed by atoms with E-state index in [1.54, 1.807) is 18.3 Å². The van der Waals surface area contributed by atoms with Crippen LogP contribution in [0.4, 0.5) is 0 Å². The maximum atomic E-state index is 11.4. The molecule has 0 aliphatic rings. The van der Waals surface area contributed by atoms with Crippen LogP contribution < -0.4 is 0 Å². The molecule has 0 aliphatic carbocycles. The fourth-order valence-electron chi connectivity index (χ4n) is 1.81. The summed E-state index contributed by atoms with van der Waals surface area (Å²) in [6.07, 6.45) is 1.59. The number of pyridine rings is 1. The van der Waals surface area contributed by atoms with E-state index in [9.17, 15) is 9.90 Å². The van der Waals surface area contributed by atoms with Crippen molar-refractivity contribution in [2.75, 3.05) is 6.61 Å². The quantitative estimate of drug-likeness (QED) is 0.654. The molecule has 6 nitrogen and oxygen atoms in total. The molecule has 20 heavy (non-hydrogen) atoms. The number of carboxylic acids is 1. The van der Waals surface area contributed by atoms with Crippen molar-refractivity contribution in [1.29, 1.82) is 0 Å². The van der Waals surface area contributed by atoms with E-state index in [1.807, 2.05) is 0 Å². The Morgan fingerprint density at radius 2 is 2.20 bits per heavy atom. The fraction of sp³-hybridized carbons (Fsp3) is 0.462. The highest BCUT2D eigenvalue weighted by molar-refractivity contribution is 6.76. The Kier molecular flexibility index (Phi) is 4.19. The number of aromatic carboxylic acids is 1. The van der Waals surface area contributed by atoms with E-state index in [2.05, 4.69) is 29.7 Å². The highest BCUT2D eigenvalue weighted by Gasteiger charge is 2.18. The van der Waals surface area contributed by atoms with E-state index in [4.69, 9.17) is 4.74 Å². The first-order chi connectivity index (χ1) is 9.38. The van der Waals surface area contributed by atoms with Crippen LogP contribution in [0.1, 0.15) is 10.5 Å². The minimum atomic E-state index is -1.15. The molecule has 2 rings (SSSR count). The molecule has 0 unspecified atom stereocenters. The number of carboxylic acid groups (broad SMARTS) is 1. The molecule has 1 N–H and O–H groups in total. The Bertz CT molecular complexity index is 619. The van der Waals surface area contributed by atoms with E-state index in [0.29, 0.717) is 17.6 Å². The molecular weight excluding hydrogens is 274 g/mol. The van der Waals surface area contributed by atoms with Crippen LogP contribution in [0.15, 0.2) is 18.3 Å². The lowest BCUT2D eigenvalue weighted by Crippen LogP contribution is -2.22. The van der Waals surface area contributed by atoms with Crippen molar-refractivity contribution in [3.05, 3.63) is 24.0 Å². The van der Waals surface area contributed by atoms with Crippen molar-refractivity contribution in [1.82, 2.24) is 14.8 Å². The Morgan fingerprint density at radius 1 is 1.45 bits per heavy atom.